The van der Waals surface area contributed by atoms with E-state index < -0.39 is 29.7 Å². The zero-order valence-corrected chi connectivity index (χ0v) is 21.5. The van der Waals surface area contributed by atoms with Gasteiger partial charge in [-0.25, -0.2) is 4.79 Å². The Morgan fingerprint density at radius 3 is 1.56 bits per heavy atom. The Hall–Kier alpha value is -5.04. The number of rotatable bonds is 8. The van der Waals surface area contributed by atoms with E-state index >= 15 is 0 Å². The molecule has 2 atom stereocenters. The summed E-state index contributed by atoms with van der Waals surface area (Å²) in [6.45, 7) is 3.19. The van der Waals surface area contributed by atoms with E-state index in [0.717, 1.165) is 0 Å². The number of esters is 1. The molecule has 39 heavy (non-hydrogen) atoms. The number of carbonyl (C=O) groups is 4. The highest BCUT2D eigenvalue weighted by Gasteiger charge is 2.17. The molecule has 0 bridgehead atoms. The number of benzene rings is 4. The Bertz CT molecular complexity index is 1450. The SMILES string of the molecule is CC(C(=O)O)c1cccc(C(=O)c2ccccc2)c1.CC(C(=O)O)c1cccc(OC(=O)c2ccccc2)c1. The highest BCUT2D eigenvalue weighted by Crippen LogP contribution is 2.22. The van der Waals surface area contributed by atoms with Gasteiger partial charge >= 0.3 is 17.9 Å². The van der Waals surface area contributed by atoms with Crippen LogP contribution in [0, 0.1) is 0 Å². The number of carbonyl (C=O) groups excluding carboxylic acids is 2. The van der Waals surface area contributed by atoms with Gasteiger partial charge in [-0.1, -0.05) is 78.9 Å². The smallest absolute Gasteiger partial charge is 0.343 e. The van der Waals surface area contributed by atoms with Crippen molar-refractivity contribution in [1.29, 1.82) is 0 Å². The summed E-state index contributed by atoms with van der Waals surface area (Å²) in [5.74, 6) is -3.31. The zero-order chi connectivity index (χ0) is 28.4. The molecule has 4 rings (SSSR count). The first-order valence-electron chi connectivity index (χ1n) is 12.2. The van der Waals surface area contributed by atoms with Gasteiger partial charge in [-0.05, 0) is 55.3 Å². The molecule has 0 aliphatic heterocycles. The fourth-order valence-corrected chi connectivity index (χ4v) is 3.58. The number of aliphatic carboxylic acids is 2. The van der Waals surface area contributed by atoms with Crippen molar-refractivity contribution in [2.24, 2.45) is 0 Å². The fraction of sp³-hybridized carbons (Fsp3) is 0.125. The van der Waals surface area contributed by atoms with Crippen molar-refractivity contribution in [3.05, 3.63) is 137 Å². The predicted molar refractivity (Wildman–Crippen MR) is 146 cm³/mol. The van der Waals surface area contributed by atoms with E-state index in [4.69, 9.17) is 14.9 Å². The van der Waals surface area contributed by atoms with Crippen LogP contribution < -0.4 is 4.74 Å². The number of hydrogen-bond donors (Lipinski definition) is 2. The molecular weight excluding hydrogens is 496 g/mol. The van der Waals surface area contributed by atoms with Gasteiger partial charge in [0.15, 0.2) is 5.78 Å². The first-order valence-corrected chi connectivity index (χ1v) is 12.2. The Labute approximate surface area is 226 Å². The van der Waals surface area contributed by atoms with Crippen LogP contribution in [0.3, 0.4) is 0 Å². The summed E-state index contributed by atoms with van der Waals surface area (Å²) < 4.78 is 5.24. The third kappa shape index (κ3) is 7.97. The summed E-state index contributed by atoms with van der Waals surface area (Å²) in [6.07, 6.45) is 0. The second-order valence-corrected chi connectivity index (χ2v) is 8.77. The molecule has 4 aromatic rings. The standard InChI is InChI=1S/C16H14O4.C16H14O3/c1-11(15(17)18)13-8-5-9-14(10-13)20-16(19)12-6-3-2-4-7-12;1-11(16(18)19)13-8-5-9-14(10-13)15(17)12-6-3-2-4-7-12/h2-11H,1H3,(H,17,18);2-11H,1H3,(H,18,19). The van der Waals surface area contributed by atoms with Crippen molar-refractivity contribution in [3.63, 3.8) is 0 Å². The first kappa shape index (κ1) is 28.5. The molecule has 2 unspecified atom stereocenters. The van der Waals surface area contributed by atoms with Gasteiger partial charge in [0, 0.05) is 11.1 Å². The molecule has 0 saturated carbocycles. The van der Waals surface area contributed by atoms with Crippen LogP contribution in [-0.2, 0) is 9.59 Å². The second kappa shape index (κ2) is 13.5. The number of carboxylic acids is 2. The van der Waals surface area contributed by atoms with Crippen molar-refractivity contribution in [2.75, 3.05) is 0 Å². The van der Waals surface area contributed by atoms with Crippen molar-refractivity contribution >= 4 is 23.7 Å². The van der Waals surface area contributed by atoms with Gasteiger partial charge in [-0.3, -0.25) is 14.4 Å². The molecule has 0 saturated heterocycles. The topological polar surface area (TPSA) is 118 Å². The monoisotopic (exact) mass is 524 g/mol. The average molecular weight is 525 g/mol. The van der Waals surface area contributed by atoms with E-state index in [1.807, 2.05) is 12.1 Å². The molecule has 0 aromatic heterocycles. The highest BCUT2D eigenvalue weighted by atomic mass is 16.5. The lowest BCUT2D eigenvalue weighted by Gasteiger charge is -2.09. The lowest BCUT2D eigenvalue weighted by Crippen LogP contribution is -2.10. The Balaban J connectivity index is 0.000000216. The van der Waals surface area contributed by atoms with E-state index in [0.29, 0.717) is 33.6 Å². The maximum Gasteiger partial charge on any atom is 0.343 e. The molecule has 0 fully saturated rings. The third-order valence-corrected chi connectivity index (χ3v) is 6.00. The average Bonchev–Trinajstić information content (AvgIpc) is 2.97. The molecule has 198 valence electrons. The number of carboxylic acid groups (broad SMARTS) is 2. The molecule has 7 heteroatoms. The van der Waals surface area contributed by atoms with Gasteiger partial charge < -0.3 is 14.9 Å². The van der Waals surface area contributed by atoms with Crippen LogP contribution in [0.15, 0.2) is 109 Å². The van der Waals surface area contributed by atoms with E-state index in [1.54, 1.807) is 111 Å². The number of ketones is 1. The van der Waals surface area contributed by atoms with Crippen molar-refractivity contribution < 1.29 is 34.1 Å². The molecular formula is C32H28O7. The first-order chi connectivity index (χ1) is 18.7. The summed E-state index contributed by atoms with van der Waals surface area (Å²) in [7, 11) is 0. The zero-order valence-electron chi connectivity index (χ0n) is 21.5. The van der Waals surface area contributed by atoms with Crippen LogP contribution in [0.5, 0.6) is 5.75 Å². The predicted octanol–water partition coefficient (Wildman–Crippen LogP) is 6.20. The summed E-state index contributed by atoms with van der Waals surface area (Å²) in [5.41, 5.74) is 2.79. The van der Waals surface area contributed by atoms with Gasteiger partial charge in [-0.15, -0.1) is 0 Å². The molecule has 7 nitrogen and oxygen atoms in total. The van der Waals surface area contributed by atoms with Crippen molar-refractivity contribution in [1.82, 2.24) is 0 Å². The lowest BCUT2D eigenvalue weighted by molar-refractivity contribution is -0.139. The molecule has 0 aliphatic carbocycles. The Kier molecular flexibility index (Phi) is 9.87. The molecule has 4 aromatic carbocycles. The molecule has 0 radical (unpaired) electrons. The maximum absolute atomic E-state index is 12.2. The normalized spacial score (nSPS) is 11.7. The molecule has 0 amide bonds. The third-order valence-electron chi connectivity index (χ3n) is 6.00. The van der Waals surface area contributed by atoms with Crippen LogP contribution in [0.1, 0.15) is 63.1 Å². The second-order valence-electron chi connectivity index (χ2n) is 8.77. The van der Waals surface area contributed by atoms with E-state index in [1.165, 1.54) is 0 Å². The van der Waals surface area contributed by atoms with Gasteiger partial charge in [0.1, 0.15) is 5.75 Å². The molecule has 0 heterocycles. The van der Waals surface area contributed by atoms with Crippen LogP contribution in [-0.4, -0.2) is 33.9 Å². The van der Waals surface area contributed by atoms with E-state index in [9.17, 15) is 19.2 Å². The van der Waals surface area contributed by atoms with Gasteiger partial charge in [0.05, 0.1) is 17.4 Å². The Morgan fingerprint density at radius 2 is 1.03 bits per heavy atom. The lowest BCUT2D eigenvalue weighted by atomic mass is 9.96. The van der Waals surface area contributed by atoms with Crippen LogP contribution in [0.2, 0.25) is 0 Å². The maximum atomic E-state index is 12.2. The minimum atomic E-state index is -0.920. The van der Waals surface area contributed by atoms with E-state index in [2.05, 4.69) is 0 Å². The van der Waals surface area contributed by atoms with Crippen molar-refractivity contribution in [3.8, 4) is 5.75 Å². The summed E-state index contributed by atoms with van der Waals surface area (Å²) in [6, 6.07) is 30.9. The highest BCUT2D eigenvalue weighted by molar-refractivity contribution is 6.09. The minimum Gasteiger partial charge on any atom is -0.481 e. The van der Waals surface area contributed by atoms with E-state index in [-0.39, 0.29) is 5.78 Å². The summed E-state index contributed by atoms with van der Waals surface area (Å²) in [4.78, 5) is 46.0. The number of hydrogen-bond acceptors (Lipinski definition) is 5. The molecule has 0 aliphatic rings. The number of ether oxygens (including phenoxy) is 1. The molecule has 2 N–H and O–H groups in total. The van der Waals surface area contributed by atoms with Crippen LogP contribution in [0.4, 0.5) is 0 Å². The van der Waals surface area contributed by atoms with Gasteiger partial charge in [0.25, 0.3) is 0 Å². The molecule has 0 spiro atoms. The van der Waals surface area contributed by atoms with Crippen molar-refractivity contribution in [2.45, 2.75) is 25.7 Å². The summed E-state index contributed by atoms with van der Waals surface area (Å²) in [5, 5.41) is 18.0. The largest absolute Gasteiger partial charge is 0.481 e. The van der Waals surface area contributed by atoms with Gasteiger partial charge in [0.2, 0.25) is 0 Å². The quantitative estimate of drug-likeness (QED) is 0.160. The van der Waals surface area contributed by atoms with Gasteiger partial charge in [-0.2, -0.15) is 0 Å². The Morgan fingerprint density at radius 1 is 0.564 bits per heavy atom. The fourth-order valence-electron chi connectivity index (χ4n) is 3.58. The van der Waals surface area contributed by atoms with Crippen LogP contribution in [0.25, 0.3) is 0 Å². The minimum absolute atomic E-state index is 0.0972. The summed E-state index contributed by atoms with van der Waals surface area (Å²) >= 11 is 0. The van der Waals surface area contributed by atoms with Crippen LogP contribution >= 0.6 is 0 Å².